The molecule has 0 unspecified atom stereocenters. The number of carbonyl (C=O) groups is 2. The number of hydrogen-bond acceptors (Lipinski definition) is 2. The van der Waals surface area contributed by atoms with Gasteiger partial charge in [0.05, 0.1) is 0 Å². The van der Waals surface area contributed by atoms with Crippen LogP contribution in [0.15, 0.2) is 36.4 Å². The van der Waals surface area contributed by atoms with Gasteiger partial charge in [-0.2, -0.15) is 0 Å². The molecule has 2 aromatic rings. The fraction of sp³-hybridized carbons (Fsp3) is 0.364. The van der Waals surface area contributed by atoms with E-state index in [9.17, 15) is 14.0 Å². The molecule has 5 heteroatoms. The number of piperidine rings is 1. The maximum absolute atomic E-state index is 14.1. The Bertz CT molecular complexity index is 873. The van der Waals surface area contributed by atoms with E-state index in [1.807, 2.05) is 26.8 Å². The number of benzene rings is 2. The molecule has 1 fully saturated rings. The Hall–Kier alpha value is -2.20. The Kier molecular flexibility index (Phi) is 5.66. The molecule has 0 aromatic heterocycles. The van der Waals surface area contributed by atoms with E-state index in [2.05, 4.69) is 0 Å². The molecule has 3 rings (SSSR count). The molecule has 0 aliphatic carbocycles. The average Bonchev–Trinajstić information content (AvgIpc) is 2.60. The predicted molar refractivity (Wildman–Crippen MR) is 106 cm³/mol. The summed E-state index contributed by atoms with van der Waals surface area (Å²) >= 11 is 5.61. The SMILES string of the molecule is Cc1cc(C(=O)Cl)cc(C)c1N1C[C@@H](Cc2ccccc2F)C[C@@H](C)C1=O. The molecule has 1 heterocycles. The molecule has 0 spiro atoms. The van der Waals surface area contributed by atoms with Crippen LogP contribution in [-0.4, -0.2) is 17.7 Å². The molecule has 0 radical (unpaired) electrons. The van der Waals surface area contributed by atoms with Crippen LogP contribution in [0.2, 0.25) is 0 Å². The zero-order valence-electron chi connectivity index (χ0n) is 15.8. The number of anilines is 1. The number of aryl methyl sites for hydroxylation is 2. The van der Waals surface area contributed by atoms with Crippen LogP contribution in [0.1, 0.15) is 40.4 Å². The van der Waals surface area contributed by atoms with Crippen molar-refractivity contribution in [1.29, 1.82) is 0 Å². The Morgan fingerprint density at radius 2 is 1.85 bits per heavy atom. The molecule has 1 amide bonds. The van der Waals surface area contributed by atoms with Crippen molar-refractivity contribution in [3.05, 3.63) is 64.5 Å². The lowest BCUT2D eigenvalue weighted by molar-refractivity contribution is -0.124. The minimum Gasteiger partial charge on any atom is -0.311 e. The van der Waals surface area contributed by atoms with Crippen LogP contribution in [0.5, 0.6) is 0 Å². The van der Waals surface area contributed by atoms with E-state index < -0.39 is 5.24 Å². The average molecular weight is 388 g/mol. The second-order valence-corrected chi connectivity index (χ2v) is 7.82. The summed E-state index contributed by atoms with van der Waals surface area (Å²) in [5, 5.41) is -0.511. The number of rotatable bonds is 4. The van der Waals surface area contributed by atoms with Gasteiger partial charge in [0.25, 0.3) is 5.24 Å². The Balaban J connectivity index is 1.92. The first kappa shape index (κ1) is 19.6. The molecule has 1 saturated heterocycles. The number of nitrogens with zero attached hydrogens (tertiary/aromatic N) is 1. The Morgan fingerprint density at radius 1 is 1.22 bits per heavy atom. The van der Waals surface area contributed by atoms with Crippen LogP contribution in [0, 0.1) is 31.5 Å². The molecule has 2 aromatic carbocycles. The first-order valence-electron chi connectivity index (χ1n) is 9.13. The van der Waals surface area contributed by atoms with Gasteiger partial charge in [0.1, 0.15) is 5.82 Å². The highest BCUT2D eigenvalue weighted by Crippen LogP contribution is 2.34. The van der Waals surface area contributed by atoms with E-state index >= 15 is 0 Å². The third-order valence-corrected chi connectivity index (χ3v) is 5.49. The zero-order chi connectivity index (χ0) is 19.7. The maximum atomic E-state index is 14.1. The summed E-state index contributed by atoms with van der Waals surface area (Å²) in [5.41, 5.74) is 3.61. The van der Waals surface area contributed by atoms with Crippen LogP contribution in [0.4, 0.5) is 10.1 Å². The fourth-order valence-corrected chi connectivity index (χ4v) is 4.22. The van der Waals surface area contributed by atoms with Crippen molar-refractivity contribution in [2.24, 2.45) is 11.8 Å². The number of carbonyl (C=O) groups excluding carboxylic acids is 2. The van der Waals surface area contributed by atoms with Crippen molar-refractivity contribution in [3.8, 4) is 0 Å². The number of amides is 1. The highest BCUT2D eigenvalue weighted by atomic mass is 35.5. The largest absolute Gasteiger partial charge is 0.311 e. The maximum Gasteiger partial charge on any atom is 0.252 e. The lowest BCUT2D eigenvalue weighted by atomic mass is 9.84. The second-order valence-electron chi connectivity index (χ2n) is 7.48. The lowest BCUT2D eigenvalue weighted by Crippen LogP contribution is -2.46. The standard InChI is InChI=1S/C22H23ClFNO2/c1-13-9-18(21(23)26)10-14(2)20(13)25-12-16(8-15(3)22(25)27)11-17-6-4-5-7-19(17)24/h4-7,9-10,15-16H,8,11-12H2,1-3H3/t15-,16-/m1/s1. The molecule has 142 valence electrons. The quantitative estimate of drug-likeness (QED) is 0.688. The van der Waals surface area contributed by atoms with Crippen molar-refractivity contribution < 1.29 is 14.0 Å². The highest BCUT2D eigenvalue weighted by Gasteiger charge is 2.34. The Morgan fingerprint density at radius 3 is 2.44 bits per heavy atom. The molecule has 1 aliphatic rings. The molecule has 1 aliphatic heterocycles. The summed E-state index contributed by atoms with van der Waals surface area (Å²) in [5.74, 6) is -0.103. The summed E-state index contributed by atoms with van der Waals surface area (Å²) in [6, 6.07) is 10.2. The van der Waals surface area contributed by atoms with E-state index in [0.717, 1.165) is 23.2 Å². The summed E-state index contributed by atoms with van der Waals surface area (Å²) in [6.07, 6.45) is 1.33. The third-order valence-electron chi connectivity index (χ3n) is 5.27. The van der Waals surface area contributed by atoms with Crippen LogP contribution in [0.3, 0.4) is 0 Å². The molecule has 0 bridgehead atoms. The summed E-state index contributed by atoms with van der Waals surface area (Å²) < 4.78 is 14.1. The molecular formula is C22H23ClFNO2. The van der Waals surface area contributed by atoms with Gasteiger partial charge in [-0.15, -0.1) is 0 Å². The molecular weight excluding hydrogens is 365 g/mol. The Labute approximate surface area is 164 Å². The predicted octanol–water partition coefficient (Wildman–Crippen LogP) is 5.05. The van der Waals surface area contributed by atoms with Gasteiger partial charge in [-0.05, 0) is 79.1 Å². The highest BCUT2D eigenvalue weighted by molar-refractivity contribution is 6.67. The number of halogens is 2. The lowest BCUT2D eigenvalue weighted by Gasteiger charge is -2.38. The van der Waals surface area contributed by atoms with Gasteiger partial charge in [0, 0.05) is 23.7 Å². The molecule has 27 heavy (non-hydrogen) atoms. The van der Waals surface area contributed by atoms with Crippen molar-refractivity contribution in [2.75, 3.05) is 11.4 Å². The molecule has 0 N–H and O–H groups in total. The summed E-state index contributed by atoms with van der Waals surface area (Å²) in [6.45, 7) is 6.21. The van der Waals surface area contributed by atoms with Crippen LogP contribution < -0.4 is 4.90 Å². The fourth-order valence-electron chi connectivity index (χ4n) is 4.11. The zero-order valence-corrected chi connectivity index (χ0v) is 16.5. The first-order chi connectivity index (χ1) is 12.8. The van der Waals surface area contributed by atoms with E-state index in [1.54, 1.807) is 29.2 Å². The van der Waals surface area contributed by atoms with Crippen molar-refractivity contribution in [3.63, 3.8) is 0 Å². The van der Waals surface area contributed by atoms with Crippen LogP contribution in [-0.2, 0) is 11.2 Å². The topological polar surface area (TPSA) is 37.4 Å². The normalized spacial score (nSPS) is 20.0. The van der Waals surface area contributed by atoms with Gasteiger partial charge in [0.15, 0.2) is 0 Å². The molecule has 3 nitrogen and oxygen atoms in total. The van der Waals surface area contributed by atoms with E-state index in [1.165, 1.54) is 6.07 Å². The monoisotopic (exact) mass is 387 g/mol. The minimum atomic E-state index is -0.511. The van der Waals surface area contributed by atoms with Crippen molar-refractivity contribution in [2.45, 2.75) is 33.6 Å². The van der Waals surface area contributed by atoms with Gasteiger partial charge >= 0.3 is 0 Å². The second kappa shape index (κ2) is 7.81. The van der Waals surface area contributed by atoms with Gasteiger partial charge in [-0.3, -0.25) is 9.59 Å². The van der Waals surface area contributed by atoms with E-state index in [-0.39, 0.29) is 23.6 Å². The molecule has 2 atom stereocenters. The third kappa shape index (κ3) is 4.06. The van der Waals surface area contributed by atoms with Gasteiger partial charge in [-0.1, -0.05) is 25.1 Å². The smallest absolute Gasteiger partial charge is 0.252 e. The minimum absolute atomic E-state index is 0.0657. The number of hydrogen-bond donors (Lipinski definition) is 0. The first-order valence-corrected chi connectivity index (χ1v) is 9.51. The van der Waals surface area contributed by atoms with Gasteiger partial charge in [-0.25, -0.2) is 4.39 Å². The summed E-state index contributed by atoms with van der Waals surface area (Å²) in [7, 11) is 0. The van der Waals surface area contributed by atoms with Crippen LogP contribution >= 0.6 is 11.6 Å². The van der Waals surface area contributed by atoms with Crippen LogP contribution in [0.25, 0.3) is 0 Å². The van der Waals surface area contributed by atoms with Gasteiger partial charge < -0.3 is 4.90 Å². The van der Waals surface area contributed by atoms with Crippen molar-refractivity contribution in [1.82, 2.24) is 0 Å². The summed E-state index contributed by atoms with van der Waals surface area (Å²) in [4.78, 5) is 26.2. The van der Waals surface area contributed by atoms with Gasteiger partial charge in [0.2, 0.25) is 5.91 Å². The molecule has 0 saturated carbocycles. The van der Waals surface area contributed by atoms with Crippen molar-refractivity contribution >= 4 is 28.4 Å². The van der Waals surface area contributed by atoms with E-state index in [0.29, 0.717) is 24.1 Å². The van der Waals surface area contributed by atoms with E-state index in [4.69, 9.17) is 11.6 Å².